The van der Waals surface area contributed by atoms with Gasteiger partial charge in [0.1, 0.15) is 0 Å². The minimum absolute atomic E-state index is 0.0284. The van der Waals surface area contributed by atoms with Gasteiger partial charge in [-0.2, -0.15) is 0 Å². The standard InChI is InChI=1S/C19H23NO3/c21-11-10-17-12-18(22)13-20(17)19(23)16-8-6-15(7-9-16)14-4-2-1-3-5-14/h2,4-9,17-18,21-22H,1,3,10-13H2. The van der Waals surface area contributed by atoms with Crippen LogP contribution >= 0.6 is 0 Å². The molecule has 1 amide bonds. The molecule has 1 aliphatic heterocycles. The largest absolute Gasteiger partial charge is 0.396 e. The number of nitrogens with zero attached hydrogens (tertiary/aromatic N) is 1. The zero-order valence-electron chi connectivity index (χ0n) is 13.2. The van der Waals surface area contributed by atoms with Crippen LogP contribution in [0, 0.1) is 0 Å². The van der Waals surface area contributed by atoms with Crippen molar-refractivity contribution in [2.75, 3.05) is 13.2 Å². The van der Waals surface area contributed by atoms with Crippen molar-refractivity contribution >= 4 is 11.5 Å². The second-order valence-corrected chi connectivity index (χ2v) is 6.23. The average molecular weight is 313 g/mol. The highest BCUT2D eigenvalue weighted by molar-refractivity contribution is 5.95. The lowest BCUT2D eigenvalue weighted by molar-refractivity contribution is 0.0699. The van der Waals surface area contributed by atoms with E-state index in [1.807, 2.05) is 24.3 Å². The molecule has 0 radical (unpaired) electrons. The molecule has 3 rings (SSSR count). The molecule has 2 atom stereocenters. The lowest BCUT2D eigenvalue weighted by Gasteiger charge is -2.24. The molecule has 1 fully saturated rings. The molecule has 1 aromatic carbocycles. The number of β-amino-alcohol motifs (C(OH)–C–C–N with tert-alkyl or cyclic N) is 1. The third-order valence-electron chi connectivity index (χ3n) is 4.58. The fraction of sp³-hybridized carbons (Fsp3) is 0.421. The van der Waals surface area contributed by atoms with Gasteiger partial charge >= 0.3 is 0 Å². The van der Waals surface area contributed by atoms with Gasteiger partial charge in [-0.25, -0.2) is 0 Å². The zero-order valence-corrected chi connectivity index (χ0v) is 13.2. The van der Waals surface area contributed by atoms with Crippen LogP contribution in [0.15, 0.2) is 42.5 Å². The number of rotatable bonds is 4. The van der Waals surface area contributed by atoms with E-state index in [0.717, 1.165) is 18.4 Å². The van der Waals surface area contributed by atoms with Crippen LogP contribution in [0.25, 0.3) is 5.57 Å². The molecule has 4 heteroatoms. The Morgan fingerprint density at radius 2 is 2.00 bits per heavy atom. The monoisotopic (exact) mass is 313 g/mol. The maximum Gasteiger partial charge on any atom is 0.254 e. The van der Waals surface area contributed by atoms with Gasteiger partial charge in [0.05, 0.1) is 6.10 Å². The number of benzene rings is 1. The molecule has 4 nitrogen and oxygen atoms in total. The third-order valence-corrected chi connectivity index (χ3v) is 4.58. The van der Waals surface area contributed by atoms with Crippen LogP contribution in [-0.4, -0.2) is 46.3 Å². The Balaban J connectivity index is 1.75. The van der Waals surface area contributed by atoms with Crippen LogP contribution in [-0.2, 0) is 0 Å². The Kier molecular flexibility index (Phi) is 4.94. The Morgan fingerprint density at radius 3 is 2.65 bits per heavy atom. The Bertz CT molecular complexity index is 618. The molecular weight excluding hydrogens is 290 g/mol. The summed E-state index contributed by atoms with van der Waals surface area (Å²) in [4.78, 5) is 14.4. The second kappa shape index (κ2) is 7.11. The van der Waals surface area contributed by atoms with E-state index in [1.54, 1.807) is 4.90 Å². The van der Waals surface area contributed by atoms with E-state index in [4.69, 9.17) is 5.11 Å². The number of hydrogen-bond donors (Lipinski definition) is 2. The number of aliphatic hydroxyl groups excluding tert-OH is 2. The quantitative estimate of drug-likeness (QED) is 0.897. The molecule has 0 saturated carbocycles. The predicted octanol–water partition coefficient (Wildman–Crippen LogP) is 2.38. The number of allylic oxidation sites excluding steroid dienone is 4. The Labute approximate surface area is 136 Å². The highest BCUT2D eigenvalue weighted by Gasteiger charge is 2.34. The molecule has 2 unspecified atom stereocenters. The van der Waals surface area contributed by atoms with E-state index in [2.05, 4.69) is 18.2 Å². The molecule has 0 bridgehead atoms. The summed E-state index contributed by atoms with van der Waals surface area (Å²) in [5, 5.41) is 18.9. The van der Waals surface area contributed by atoms with Crippen LogP contribution in [0.5, 0.6) is 0 Å². The lowest BCUT2D eigenvalue weighted by atomic mass is 9.98. The highest BCUT2D eigenvalue weighted by atomic mass is 16.3. The van der Waals surface area contributed by atoms with E-state index in [9.17, 15) is 9.90 Å². The first-order valence-electron chi connectivity index (χ1n) is 8.26. The van der Waals surface area contributed by atoms with Crippen molar-refractivity contribution in [3.05, 3.63) is 53.6 Å². The maximum absolute atomic E-state index is 12.7. The van der Waals surface area contributed by atoms with E-state index in [-0.39, 0.29) is 18.6 Å². The van der Waals surface area contributed by atoms with Crippen LogP contribution in [0.2, 0.25) is 0 Å². The van der Waals surface area contributed by atoms with Gasteiger partial charge < -0.3 is 15.1 Å². The average Bonchev–Trinajstić information content (AvgIpc) is 2.96. The number of carbonyl (C=O) groups is 1. The first-order chi connectivity index (χ1) is 11.2. The molecule has 1 heterocycles. The normalized spacial score (nSPS) is 23.9. The van der Waals surface area contributed by atoms with Crippen molar-refractivity contribution in [2.24, 2.45) is 0 Å². The molecule has 2 N–H and O–H groups in total. The van der Waals surface area contributed by atoms with Gasteiger partial charge in [-0.1, -0.05) is 30.4 Å². The van der Waals surface area contributed by atoms with Crippen molar-refractivity contribution < 1.29 is 15.0 Å². The summed E-state index contributed by atoms with van der Waals surface area (Å²) in [6, 6.07) is 7.57. The number of aliphatic hydroxyl groups is 2. The second-order valence-electron chi connectivity index (χ2n) is 6.23. The van der Waals surface area contributed by atoms with E-state index < -0.39 is 6.10 Å². The van der Waals surface area contributed by atoms with Gasteiger partial charge in [0.2, 0.25) is 0 Å². The van der Waals surface area contributed by atoms with E-state index in [1.165, 1.54) is 5.57 Å². The first-order valence-corrected chi connectivity index (χ1v) is 8.26. The fourth-order valence-corrected chi connectivity index (χ4v) is 3.36. The molecule has 2 aliphatic rings. The van der Waals surface area contributed by atoms with Gasteiger partial charge in [0, 0.05) is 24.8 Å². The van der Waals surface area contributed by atoms with E-state index in [0.29, 0.717) is 24.9 Å². The lowest BCUT2D eigenvalue weighted by Crippen LogP contribution is -2.36. The van der Waals surface area contributed by atoms with Crippen LogP contribution < -0.4 is 0 Å². The fourth-order valence-electron chi connectivity index (χ4n) is 3.36. The number of likely N-dealkylation sites (tertiary alicyclic amines) is 1. The van der Waals surface area contributed by atoms with Crippen molar-refractivity contribution in [1.29, 1.82) is 0 Å². The van der Waals surface area contributed by atoms with Gasteiger partial charge in [-0.05, 0) is 49.0 Å². The Hall–Kier alpha value is -1.91. The van der Waals surface area contributed by atoms with Crippen molar-refractivity contribution in [3.8, 4) is 0 Å². The summed E-state index contributed by atoms with van der Waals surface area (Å²) in [6.07, 6.45) is 9.21. The van der Waals surface area contributed by atoms with Crippen LogP contribution in [0.3, 0.4) is 0 Å². The molecule has 23 heavy (non-hydrogen) atoms. The van der Waals surface area contributed by atoms with Gasteiger partial charge in [-0.3, -0.25) is 4.79 Å². The van der Waals surface area contributed by atoms with E-state index >= 15 is 0 Å². The third kappa shape index (κ3) is 3.54. The van der Waals surface area contributed by atoms with Crippen LogP contribution in [0.1, 0.15) is 41.6 Å². The van der Waals surface area contributed by atoms with Gasteiger partial charge in [-0.15, -0.1) is 0 Å². The summed E-state index contributed by atoms with van der Waals surface area (Å²) < 4.78 is 0. The highest BCUT2D eigenvalue weighted by Crippen LogP contribution is 2.25. The molecule has 1 aliphatic carbocycles. The minimum atomic E-state index is -0.493. The summed E-state index contributed by atoms with van der Waals surface area (Å²) >= 11 is 0. The summed E-state index contributed by atoms with van der Waals surface area (Å²) in [6.45, 7) is 0.375. The molecule has 1 aromatic rings. The summed E-state index contributed by atoms with van der Waals surface area (Å²) in [5.74, 6) is -0.0697. The zero-order chi connectivity index (χ0) is 16.2. The van der Waals surface area contributed by atoms with Crippen molar-refractivity contribution in [2.45, 2.75) is 37.8 Å². The van der Waals surface area contributed by atoms with Crippen molar-refractivity contribution in [3.63, 3.8) is 0 Å². The smallest absolute Gasteiger partial charge is 0.254 e. The molecule has 122 valence electrons. The number of carbonyl (C=O) groups excluding carboxylic acids is 1. The predicted molar refractivity (Wildman–Crippen MR) is 89.9 cm³/mol. The van der Waals surface area contributed by atoms with Crippen molar-refractivity contribution in [1.82, 2.24) is 4.90 Å². The molecular formula is C19H23NO3. The van der Waals surface area contributed by atoms with Gasteiger partial charge in [0.15, 0.2) is 0 Å². The maximum atomic E-state index is 12.7. The number of hydrogen-bond acceptors (Lipinski definition) is 3. The molecule has 0 spiro atoms. The Morgan fingerprint density at radius 1 is 1.22 bits per heavy atom. The van der Waals surface area contributed by atoms with Gasteiger partial charge in [0.25, 0.3) is 5.91 Å². The number of amides is 1. The summed E-state index contributed by atoms with van der Waals surface area (Å²) in [5.41, 5.74) is 2.95. The SMILES string of the molecule is O=C(c1ccc(C2=CCCC=C2)cc1)N1CC(O)CC1CCO. The molecule has 0 aromatic heterocycles. The first kappa shape index (κ1) is 16.0. The van der Waals surface area contributed by atoms with Crippen LogP contribution in [0.4, 0.5) is 0 Å². The minimum Gasteiger partial charge on any atom is -0.396 e. The molecule has 1 saturated heterocycles. The summed E-state index contributed by atoms with van der Waals surface area (Å²) in [7, 11) is 0. The topological polar surface area (TPSA) is 60.8 Å².